The second-order valence-electron chi connectivity index (χ2n) is 11.3. The number of hydrogen-bond donors (Lipinski definition) is 4. The summed E-state index contributed by atoms with van der Waals surface area (Å²) in [7, 11) is 0. The van der Waals surface area contributed by atoms with E-state index in [2.05, 4.69) is 5.32 Å². The van der Waals surface area contributed by atoms with Crippen molar-refractivity contribution >= 4 is 23.7 Å². The van der Waals surface area contributed by atoms with E-state index in [0.29, 0.717) is 30.5 Å². The second-order valence-corrected chi connectivity index (χ2v) is 11.7. The summed E-state index contributed by atoms with van der Waals surface area (Å²) >= 11 is 6.26. The van der Waals surface area contributed by atoms with Gasteiger partial charge in [-0.15, -0.1) is 0 Å². The minimum absolute atomic E-state index is 0.252. The molecule has 2 saturated carbocycles. The molecule has 1 aromatic carbocycles. The first-order valence-corrected chi connectivity index (χ1v) is 13.2. The Kier molecular flexibility index (Phi) is 9.11. The third kappa shape index (κ3) is 5.78. The molecule has 1 aliphatic heterocycles. The molecule has 196 valence electrons. The standard InChI is InChI=1S/C22H31ClO3.C5H10N2O2/c1-21(2,3)22(20(25)26,15-8-6-9-16(23)13-15)19-17-10-5-4-7-14(17)11-12-18(19)24;8-5(9)7-3-1-6-2-4-7/h6,8-9,13-14,17-19,24H,4-5,7,10-12H2,1-3H3,(H,25,26);6H,1-4H2,(H,8,9). The van der Waals surface area contributed by atoms with E-state index in [1.807, 2.05) is 32.9 Å². The summed E-state index contributed by atoms with van der Waals surface area (Å²) in [6.07, 6.45) is 4.81. The fourth-order valence-corrected chi connectivity index (χ4v) is 7.02. The number of nitrogens with one attached hydrogen (secondary N) is 1. The first-order chi connectivity index (χ1) is 16.5. The fourth-order valence-electron chi connectivity index (χ4n) is 6.83. The molecule has 5 unspecified atom stereocenters. The Hall–Kier alpha value is -1.83. The van der Waals surface area contributed by atoms with Crippen molar-refractivity contribution in [2.45, 2.75) is 70.8 Å². The quantitative estimate of drug-likeness (QED) is 0.464. The van der Waals surface area contributed by atoms with Gasteiger partial charge in [0, 0.05) is 37.1 Å². The topological polar surface area (TPSA) is 110 Å². The Bertz CT molecular complexity index is 883. The Morgan fingerprint density at radius 3 is 2.23 bits per heavy atom. The number of halogens is 1. The molecule has 1 saturated heterocycles. The average Bonchev–Trinajstić information content (AvgIpc) is 2.81. The lowest BCUT2D eigenvalue weighted by Crippen LogP contribution is -2.60. The van der Waals surface area contributed by atoms with E-state index >= 15 is 0 Å². The monoisotopic (exact) mass is 508 g/mol. The molecule has 4 rings (SSSR count). The molecule has 0 bridgehead atoms. The second kappa shape index (κ2) is 11.5. The molecule has 2 aliphatic carbocycles. The molecule has 0 spiro atoms. The summed E-state index contributed by atoms with van der Waals surface area (Å²) < 4.78 is 0. The van der Waals surface area contributed by atoms with Crippen LogP contribution in [0.4, 0.5) is 4.79 Å². The van der Waals surface area contributed by atoms with Crippen molar-refractivity contribution < 1.29 is 24.9 Å². The SMILES string of the molecule is CC(C)(C)C(C(=O)O)(c1cccc(Cl)c1)C1C(O)CCC2CCCCC21.O=C(O)N1CCNCC1. The summed E-state index contributed by atoms with van der Waals surface area (Å²) in [6.45, 7) is 8.77. The van der Waals surface area contributed by atoms with Crippen LogP contribution < -0.4 is 5.32 Å². The summed E-state index contributed by atoms with van der Waals surface area (Å²) in [4.78, 5) is 24.6. The highest BCUT2D eigenvalue weighted by Crippen LogP contribution is 2.57. The zero-order valence-corrected chi connectivity index (χ0v) is 21.9. The van der Waals surface area contributed by atoms with Crippen LogP contribution in [0.25, 0.3) is 0 Å². The number of carboxylic acid groups (broad SMARTS) is 2. The highest BCUT2D eigenvalue weighted by atomic mass is 35.5. The molecule has 1 aromatic rings. The zero-order chi connectivity index (χ0) is 25.8. The number of aliphatic carboxylic acids is 1. The molecule has 35 heavy (non-hydrogen) atoms. The highest BCUT2D eigenvalue weighted by molar-refractivity contribution is 6.30. The van der Waals surface area contributed by atoms with E-state index in [1.165, 1.54) is 11.3 Å². The summed E-state index contributed by atoms with van der Waals surface area (Å²) in [6, 6.07) is 7.28. The first kappa shape index (κ1) is 27.8. The largest absolute Gasteiger partial charge is 0.481 e. The summed E-state index contributed by atoms with van der Waals surface area (Å²) in [5.41, 5.74) is -1.01. The summed E-state index contributed by atoms with van der Waals surface area (Å²) in [5, 5.41) is 33.7. The number of fused-ring (bicyclic) bond motifs is 1. The number of rotatable bonds is 3. The normalized spacial score (nSPS) is 28.7. The number of amides is 1. The third-order valence-electron chi connectivity index (χ3n) is 8.36. The smallest absolute Gasteiger partial charge is 0.407 e. The zero-order valence-electron chi connectivity index (χ0n) is 21.2. The average molecular weight is 509 g/mol. The number of aliphatic hydroxyl groups is 1. The molecule has 3 aliphatic rings. The maximum atomic E-state index is 12.9. The third-order valence-corrected chi connectivity index (χ3v) is 8.60. The van der Waals surface area contributed by atoms with Crippen LogP contribution in [0.15, 0.2) is 24.3 Å². The van der Waals surface area contributed by atoms with Crippen molar-refractivity contribution in [2.75, 3.05) is 26.2 Å². The molecule has 0 radical (unpaired) electrons. The van der Waals surface area contributed by atoms with Crippen LogP contribution in [-0.4, -0.2) is 64.6 Å². The van der Waals surface area contributed by atoms with Gasteiger partial charge in [0.15, 0.2) is 0 Å². The van der Waals surface area contributed by atoms with Gasteiger partial charge in [-0.05, 0) is 54.2 Å². The van der Waals surface area contributed by atoms with Gasteiger partial charge in [-0.3, -0.25) is 4.79 Å². The molecule has 3 fully saturated rings. The van der Waals surface area contributed by atoms with Gasteiger partial charge in [0.2, 0.25) is 0 Å². The van der Waals surface area contributed by atoms with E-state index in [-0.39, 0.29) is 11.8 Å². The maximum Gasteiger partial charge on any atom is 0.407 e. The van der Waals surface area contributed by atoms with Gasteiger partial charge in [0.1, 0.15) is 5.41 Å². The van der Waals surface area contributed by atoms with Gasteiger partial charge < -0.3 is 25.5 Å². The number of nitrogens with zero attached hydrogens (tertiary/aromatic N) is 1. The van der Waals surface area contributed by atoms with Crippen LogP contribution in [0.2, 0.25) is 5.02 Å². The number of benzene rings is 1. The number of piperazine rings is 1. The fraction of sp³-hybridized carbons (Fsp3) is 0.704. The number of hydrogen-bond acceptors (Lipinski definition) is 4. The minimum atomic E-state index is -1.17. The van der Waals surface area contributed by atoms with Crippen molar-refractivity contribution in [3.8, 4) is 0 Å². The Morgan fingerprint density at radius 2 is 1.69 bits per heavy atom. The lowest BCUT2D eigenvalue weighted by molar-refractivity contribution is -0.164. The number of carboxylic acids is 1. The Labute approximate surface area is 213 Å². The molecule has 1 heterocycles. The Balaban J connectivity index is 0.000000320. The van der Waals surface area contributed by atoms with Crippen molar-refractivity contribution in [1.29, 1.82) is 0 Å². The van der Waals surface area contributed by atoms with Gasteiger partial charge in [-0.1, -0.05) is 63.8 Å². The summed E-state index contributed by atoms with van der Waals surface area (Å²) in [5.74, 6) is -0.362. The molecule has 7 nitrogen and oxygen atoms in total. The van der Waals surface area contributed by atoms with Crippen LogP contribution in [0.1, 0.15) is 64.9 Å². The molecule has 8 heteroatoms. The van der Waals surface area contributed by atoms with Crippen molar-refractivity contribution in [2.24, 2.45) is 23.2 Å². The van der Waals surface area contributed by atoms with Gasteiger partial charge in [0.05, 0.1) is 6.10 Å². The van der Waals surface area contributed by atoms with Crippen LogP contribution in [0.3, 0.4) is 0 Å². The van der Waals surface area contributed by atoms with Gasteiger partial charge in [-0.2, -0.15) is 0 Å². The van der Waals surface area contributed by atoms with Crippen molar-refractivity contribution in [1.82, 2.24) is 10.2 Å². The molecule has 1 amide bonds. The first-order valence-electron chi connectivity index (χ1n) is 12.9. The lowest BCUT2D eigenvalue weighted by atomic mass is 9.47. The maximum absolute atomic E-state index is 12.9. The van der Waals surface area contributed by atoms with E-state index in [9.17, 15) is 19.8 Å². The van der Waals surface area contributed by atoms with Gasteiger partial charge >= 0.3 is 12.1 Å². The van der Waals surface area contributed by atoms with Gasteiger partial charge in [0.25, 0.3) is 0 Å². The van der Waals surface area contributed by atoms with Crippen LogP contribution >= 0.6 is 11.6 Å². The predicted octanol–water partition coefficient (Wildman–Crippen LogP) is 4.86. The van der Waals surface area contributed by atoms with E-state index in [4.69, 9.17) is 16.7 Å². The van der Waals surface area contributed by atoms with Crippen LogP contribution in [-0.2, 0) is 10.2 Å². The Morgan fingerprint density at radius 1 is 1.03 bits per heavy atom. The van der Waals surface area contributed by atoms with Crippen LogP contribution in [0.5, 0.6) is 0 Å². The van der Waals surface area contributed by atoms with E-state index in [0.717, 1.165) is 44.3 Å². The minimum Gasteiger partial charge on any atom is -0.481 e. The van der Waals surface area contributed by atoms with Crippen LogP contribution in [0, 0.1) is 23.2 Å². The van der Waals surface area contributed by atoms with E-state index in [1.54, 1.807) is 12.1 Å². The van der Waals surface area contributed by atoms with Crippen molar-refractivity contribution in [3.05, 3.63) is 34.9 Å². The number of carbonyl (C=O) groups is 2. The highest BCUT2D eigenvalue weighted by Gasteiger charge is 2.61. The lowest BCUT2D eigenvalue weighted by Gasteiger charge is -2.55. The molecular formula is C27H41ClN2O5. The van der Waals surface area contributed by atoms with Crippen molar-refractivity contribution in [3.63, 3.8) is 0 Å². The van der Waals surface area contributed by atoms with E-state index < -0.39 is 29.0 Å². The number of aliphatic hydroxyl groups excluding tert-OH is 1. The molecule has 5 atom stereocenters. The molecule has 0 aromatic heterocycles. The predicted molar refractivity (Wildman–Crippen MR) is 137 cm³/mol. The molecular weight excluding hydrogens is 468 g/mol. The van der Waals surface area contributed by atoms with Gasteiger partial charge in [-0.25, -0.2) is 4.79 Å². The molecule has 4 N–H and O–H groups in total.